The number of rotatable bonds is 3. The maximum atomic E-state index is 13.0. The number of aryl methyl sites for hydroxylation is 1. The summed E-state index contributed by atoms with van der Waals surface area (Å²) in [6.45, 7) is 3.11. The van der Waals surface area contributed by atoms with Gasteiger partial charge in [-0.15, -0.1) is 0 Å². The molecule has 1 aromatic heterocycles. The molecule has 1 aromatic carbocycles. The number of nitrogens with zero attached hydrogens (tertiary/aromatic N) is 3. The number of aromatic nitrogens is 2. The summed E-state index contributed by atoms with van der Waals surface area (Å²) < 4.78 is 40.3. The molecule has 150 valence electrons. The predicted octanol–water partition coefficient (Wildman–Crippen LogP) is 2.38. The Morgan fingerprint density at radius 1 is 1.25 bits per heavy atom. The molecule has 1 fully saturated rings. The second-order valence-electron chi connectivity index (χ2n) is 6.86. The molecular weight excluding hydrogens is 373 g/mol. The van der Waals surface area contributed by atoms with Crippen LogP contribution in [0.5, 0.6) is 0 Å². The molecule has 6 nitrogen and oxygen atoms in total. The number of alkyl halides is 3. The van der Waals surface area contributed by atoms with Gasteiger partial charge in [0.15, 0.2) is 5.69 Å². The highest BCUT2D eigenvalue weighted by Crippen LogP contribution is 2.30. The first-order valence-corrected chi connectivity index (χ1v) is 8.95. The summed E-state index contributed by atoms with van der Waals surface area (Å²) >= 11 is 0. The molecule has 9 heteroatoms. The molecule has 0 atom stereocenters. The molecule has 0 unspecified atom stereocenters. The Hall–Kier alpha value is -2.68. The van der Waals surface area contributed by atoms with E-state index in [-0.39, 0.29) is 17.4 Å². The predicted molar refractivity (Wildman–Crippen MR) is 97.6 cm³/mol. The van der Waals surface area contributed by atoms with E-state index in [1.54, 1.807) is 14.0 Å². The second-order valence-corrected chi connectivity index (χ2v) is 6.86. The largest absolute Gasteiger partial charge is 0.416 e. The van der Waals surface area contributed by atoms with E-state index in [4.69, 9.17) is 0 Å². The Morgan fingerprint density at radius 3 is 2.57 bits per heavy atom. The van der Waals surface area contributed by atoms with Gasteiger partial charge in [-0.05, 0) is 51.1 Å². The number of carbonyl (C=O) groups excluding carboxylic acids is 1. The number of halogens is 3. The number of hydrogen-bond acceptors (Lipinski definition) is 4. The number of hydrogen-bond donors (Lipinski definition) is 1. The molecule has 1 aliphatic heterocycles. The second kappa shape index (κ2) is 7.75. The van der Waals surface area contributed by atoms with Crippen molar-refractivity contribution in [1.29, 1.82) is 0 Å². The Labute approximate surface area is 160 Å². The average molecular weight is 394 g/mol. The van der Waals surface area contributed by atoms with Gasteiger partial charge in [-0.2, -0.15) is 18.3 Å². The summed E-state index contributed by atoms with van der Waals surface area (Å²) in [7, 11) is 1.62. The molecule has 1 N–H and O–H groups in total. The van der Waals surface area contributed by atoms with E-state index >= 15 is 0 Å². The van der Waals surface area contributed by atoms with Crippen LogP contribution in [0.15, 0.2) is 35.1 Å². The fourth-order valence-electron chi connectivity index (χ4n) is 3.30. The van der Waals surface area contributed by atoms with Gasteiger partial charge in [0.05, 0.1) is 11.3 Å². The first kappa shape index (κ1) is 20.1. The topological polar surface area (TPSA) is 67.2 Å². The molecule has 0 saturated carbocycles. The Morgan fingerprint density at radius 2 is 1.93 bits per heavy atom. The molecule has 28 heavy (non-hydrogen) atoms. The van der Waals surface area contributed by atoms with E-state index in [9.17, 15) is 22.8 Å². The van der Waals surface area contributed by atoms with Crippen molar-refractivity contribution >= 4 is 5.91 Å². The quantitative estimate of drug-likeness (QED) is 0.868. The van der Waals surface area contributed by atoms with Gasteiger partial charge >= 0.3 is 6.18 Å². The van der Waals surface area contributed by atoms with Gasteiger partial charge in [0, 0.05) is 24.8 Å². The normalized spacial score (nSPS) is 15.5. The molecule has 0 aliphatic carbocycles. The van der Waals surface area contributed by atoms with Crippen LogP contribution in [-0.2, 0) is 6.18 Å². The number of piperidine rings is 1. The van der Waals surface area contributed by atoms with Crippen LogP contribution >= 0.6 is 0 Å². The highest BCUT2D eigenvalue weighted by Gasteiger charge is 2.31. The third-order valence-electron chi connectivity index (χ3n) is 4.90. The first-order valence-electron chi connectivity index (χ1n) is 8.95. The van der Waals surface area contributed by atoms with Crippen molar-refractivity contribution in [2.75, 3.05) is 20.1 Å². The first-order chi connectivity index (χ1) is 13.2. The summed E-state index contributed by atoms with van der Waals surface area (Å²) in [5.74, 6) is -0.530. The number of nitrogens with one attached hydrogen (secondary N) is 1. The van der Waals surface area contributed by atoms with Gasteiger partial charge in [-0.25, -0.2) is 4.68 Å². The lowest BCUT2D eigenvalue weighted by molar-refractivity contribution is -0.137. The molecule has 3 rings (SSSR count). The molecule has 2 heterocycles. The maximum absolute atomic E-state index is 13.0. The fourth-order valence-corrected chi connectivity index (χ4v) is 3.30. The van der Waals surface area contributed by atoms with Crippen molar-refractivity contribution in [1.82, 2.24) is 20.0 Å². The van der Waals surface area contributed by atoms with E-state index in [1.807, 2.05) is 0 Å². The van der Waals surface area contributed by atoms with E-state index in [0.717, 1.165) is 38.1 Å². The molecule has 1 amide bonds. The summed E-state index contributed by atoms with van der Waals surface area (Å²) in [6.07, 6.45) is -2.98. The number of benzene rings is 1. The van der Waals surface area contributed by atoms with E-state index < -0.39 is 23.1 Å². The van der Waals surface area contributed by atoms with Crippen LogP contribution in [0.25, 0.3) is 5.69 Å². The van der Waals surface area contributed by atoms with Crippen LogP contribution in [0.4, 0.5) is 13.2 Å². The van der Waals surface area contributed by atoms with Gasteiger partial charge in [0.1, 0.15) is 0 Å². The Kier molecular flexibility index (Phi) is 5.55. The molecule has 1 saturated heterocycles. The number of carbonyl (C=O) groups is 1. The van der Waals surface area contributed by atoms with Crippen molar-refractivity contribution in [3.63, 3.8) is 0 Å². The van der Waals surface area contributed by atoms with E-state index in [2.05, 4.69) is 10.4 Å². The molecular formula is C19H21F3N4O2. The third kappa shape index (κ3) is 4.09. The van der Waals surface area contributed by atoms with Crippen LogP contribution in [0.3, 0.4) is 0 Å². The van der Waals surface area contributed by atoms with Crippen molar-refractivity contribution in [3.05, 3.63) is 57.5 Å². The average Bonchev–Trinajstić information content (AvgIpc) is 2.67. The number of amides is 1. The summed E-state index contributed by atoms with van der Waals surface area (Å²) in [6, 6.07) is 5.81. The lowest BCUT2D eigenvalue weighted by Gasteiger charge is -2.31. The fraction of sp³-hybridized carbons (Fsp3) is 0.421. The van der Waals surface area contributed by atoms with Gasteiger partial charge in [-0.1, -0.05) is 6.07 Å². The zero-order chi connectivity index (χ0) is 20.5. The summed E-state index contributed by atoms with van der Waals surface area (Å²) in [5.41, 5.74) is -1.21. The van der Waals surface area contributed by atoms with Crippen LogP contribution in [-0.4, -0.2) is 46.8 Å². The van der Waals surface area contributed by atoms with E-state index in [1.165, 1.54) is 27.8 Å². The van der Waals surface area contributed by atoms with Crippen LogP contribution < -0.4 is 10.7 Å². The lowest BCUT2D eigenvalue weighted by Crippen LogP contribution is -2.45. The monoisotopic (exact) mass is 394 g/mol. The summed E-state index contributed by atoms with van der Waals surface area (Å²) in [4.78, 5) is 26.7. The molecule has 1 aliphatic rings. The maximum Gasteiger partial charge on any atom is 0.416 e. The zero-order valence-electron chi connectivity index (χ0n) is 15.6. The third-order valence-corrected chi connectivity index (χ3v) is 4.90. The zero-order valence-corrected chi connectivity index (χ0v) is 15.6. The minimum atomic E-state index is -4.50. The van der Waals surface area contributed by atoms with Gasteiger partial charge in [0.2, 0.25) is 5.43 Å². The molecule has 2 aromatic rings. The Balaban J connectivity index is 1.99. The molecule has 0 radical (unpaired) electrons. The minimum Gasteiger partial charge on any atom is -0.337 e. The smallest absolute Gasteiger partial charge is 0.337 e. The molecule has 0 spiro atoms. The van der Waals surface area contributed by atoms with Gasteiger partial charge < -0.3 is 10.2 Å². The highest BCUT2D eigenvalue weighted by atomic mass is 19.4. The minimum absolute atomic E-state index is 0.0155. The lowest BCUT2D eigenvalue weighted by atomic mass is 10.1. The van der Waals surface area contributed by atoms with Crippen molar-refractivity contribution < 1.29 is 18.0 Å². The summed E-state index contributed by atoms with van der Waals surface area (Å²) in [5, 5.41) is 7.31. The Bertz CT molecular complexity index is 934. The SMILES string of the molecule is Cc1cc(=O)c(C(=O)N(C)C2CCNCC2)nn1-c1cccc(C(F)(F)F)c1. The van der Waals surface area contributed by atoms with Crippen LogP contribution in [0, 0.1) is 6.92 Å². The van der Waals surface area contributed by atoms with Crippen LogP contribution in [0.2, 0.25) is 0 Å². The van der Waals surface area contributed by atoms with Crippen molar-refractivity contribution in [2.45, 2.75) is 32.0 Å². The molecule has 0 bridgehead atoms. The van der Waals surface area contributed by atoms with Gasteiger partial charge in [-0.3, -0.25) is 9.59 Å². The van der Waals surface area contributed by atoms with E-state index in [0.29, 0.717) is 5.69 Å². The highest BCUT2D eigenvalue weighted by molar-refractivity contribution is 5.92. The standard InChI is InChI=1S/C19H21F3N4O2/c1-12-10-16(27)17(18(28)25(2)14-6-8-23-9-7-14)24-26(12)15-5-3-4-13(11-15)19(20,21)22/h3-5,10-11,14,23H,6-9H2,1-2H3. The van der Waals surface area contributed by atoms with Gasteiger partial charge in [0.25, 0.3) is 5.91 Å². The van der Waals surface area contributed by atoms with Crippen molar-refractivity contribution in [2.24, 2.45) is 0 Å². The van der Waals surface area contributed by atoms with Crippen LogP contribution in [0.1, 0.15) is 34.6 Å². The van der Waals surface area contributed by atoms with Crippen molar-refractivity contribution in [3.8, 4) is 5.69 Å².